The molecule has 0 saturated heterocycles. The van der Waals surface area contributed by atoms with Gasteiger partial charge in [0, 0.05) is 0 Å². The molecule has 0 aromatic heterocycles. The molecule has 0 N–H and O–H groups in total. The molecule has 0 radical (unpaired) electrons. The van der Waals surface area contributed by atoms with Gasteiger partial charge in [0.25, 0.3) is 0 Å². The standard InChI is InChI=1S/2C23H19.C12H9Si.2ClH.Zr/c2*1-16-14-19-13-12-17(2)23(22(19)15-16)21-11-7-6-10-20(21)18-8-4-3-5-9-18;1-3-7-11-9(5-1)10-6-2-4-8-12(10)13-11;;;/h2*3-15H,1-2H3;1-7H,13H2;2*1H;/q;;;;;+2/p-2. The number of rotatable bonds is 7. The fourth-order valence-corrected chi connectivity index (χ4v) is 40.6. The third-order valence-corrected chi connectivity index (χ3v) is 37.4. The van der Waals surface area contributed by atoms with Gasteiger partial charge in [0.1, 0.15) is 0 Å². The van der Waals surface area contributed by atoms with Gasteiger partial charge in [0.2, 0.25) is 0 Å². The van der Waals surface area contributed by atoms with E-state index in [1.807, 2.05) is 0 Å². The molecule has 0 saturated carbocycles. The summed E-state index contributed by atoms with van der Waals surface area (Å²) in [5.41, 5.74) is 22.6. The Labute approximate surface area is 376 Å². The zero-order chi connectivity index (χ0) is 42.4. The summed E-state index contributed by atoms with van der Waals surface area (Å²) in [7, 11) is 17.6. The first kappa shape index (κ1) is 39.7. The molecule has 4 heteroatoms. The van der Waals surface area contributed by atoms with Gasteiger partial charge >= 0.3 is 380 Å². The summed E-state index contributed by atoms with van der Waals surface area (Å²) in [6.45, 7) is 9.13. The summed E-state index contributed by atoms with van der Waals surface area (Å²) in [6.07, 6.45) is 4.90. The van der Waals surface area contributed by atoms with E-state index in [0.29, 0.717) is 0 Å². The van der Waals surface area contributed by atoms with E-state index in [2.05, 4.69) is 216 Å². The number of fused-ring (bicyclic) bond motifs is 5. The van der Waals surface area contributed by atoms with Gasteiger partial charge in [-0.2, -0.15) is 0 Å². The van der Waals surface area contributed by atoms with E-state index in [9.17, 15) is 17.0 Å². The number of hydrogen-bond donors (Lipinski definition) is 0. The first-order valence-electron chi connectivity index (χ1n) is 21.8. The summed E-state index contributed by atoms with van der Waals surface area (Å²) < 4.78 is 0.954. The van der Waals surface area contributed by atoms with Crippen LogP contribution in [0.2, 0.25) is 0 Å². The van der Waals surface area contributed by atoms with Crippen LogP contribution in [0.25, 0.3) is 67.8 Å². The van der Waals surface area contributed by atoms with Crippen LogP contribution < -0.4 is 13.6 Å². The Morgan fingerprint density at radius 3 is 1.32 bits per heavy atom. The summed E-state index contributed by atoms with van der Waals surface area (Å²) in [4.78, 5) is 0. The number of allylic oxidation sites excluding steroid dienone is 2. The third-order valence-electron chi connectivity index (χ3n) is 14.2. The Morgan fingerprint density at radius 1 is 0.403 bits per heavy atom. The van der Waals surface area contributed by atoms with E-state index < -0.39 is 25.9 Å². The summed E-state index contributed by atoms with van der Waals surface area (Å²) >= 11 is -5.63. The van der Waals surface area contributed by atoms with E-state index in [0.717, 1.165) is 0 Å². The van der Waals surface area contributed by atoms with Gasteiger partial charge in [-0.15, -0.1) is 0 Å². The van der Waals surface area contributed by atoms with Crippen molar-refractivity contribution in [3.8, 4) is 55.6 Å². The van der Waals surface area contributed by atoms with Gasteiger partial charge in [0.15, 0.2) is 0 Å². The second-order valence-corrected chi connectivity index (χ2v) is 40.2. The van der Waals surface area contributed by atoms with E-state index in [1.165, 1.54) is 114 Å². The maximum absolute atomic E-state index is 9.25. The predicted octanol–water partition coefficient (Wildman–Crippen LogP) is 14.0. The van der Waals surface area contributed by atoms with Crippen LogP contribution in [-0.4, -0.2) is 9.52 Å². The van der Waals surface area contributed by atoms with Crippen molar-refractivity contribution < 1.29 is 16.4 Å². The minimum atomic E-state index is -5.63. The molecular formula is C58H47Cl2SiZr. The van der Waals surface area contributed by atoms with Crippen molar-refractivity contribution in [3.63, 3.8) is 0 Å². The summed E-state index contributed by atoms with van der Waals surface area (Å²) in [5.74, 6) is 0. The molecule has 1 heterocycles. The zero-order valence-electron chi connectivity index (χ0n) is 35.5. The first-order chi connectivity index (χ1) is 30.1. The molecule has 0 spiro atoms. The van der Waals surface area contributed by atoms with Crippen LogP contribution >= 0.6 is 17.0 Å². The molecule has 8 aromatic rings. The van der Waals surface area contributed by atoms with Gasteiger partial charge in [-0.05, 0) is 0 Å². The zero-order valence-corrected chi connectivity index (χ0v) is 40.9. The second-order valence-electron chi connectivity index (χ2n) is 17.8. The topological polar surface area (TPSA) is 0 Å². The van der Waals surface area contributed by atoms with Crippen molar-refractivity contribution >= 4 is 52.3 Å². The number of aryl methyl sites for hydroxylation is 2. The van der Waals surface area contributed by atoms with Gasteiger partial charge in [-0.1, -0.05) is 0 Å². The molecule has 0 amide bonds. The Hall–Kier alpha value is -5.08. The van der Waals surface area contributed by atoms with Crippen LogP contribution in [0.15, 0.2) is 187 Å². The summed E-state index contributed by atoms with van der Waals surface area (Å²) in [5, 5.41) is 2.92. The van der Waals surface area contributed by atoms with Crippen molar-refractivity contribution in [2.24, 2.45) is 0 Å². The van der Waals surface area contributed by atoms with Gasteiger partial charge < -0.3 is 0 Å². The molecule has 301 valence electrons. The normalized spacial score (nSPS) is 17.1. The first-order valence-corrected chi connectivity index (χ1v) is 33.7. The fourth-order valence-electron chi connectivity index (χ4n) is 11.8. The average molecular weight is 934 g/mol. The predicted molar refractivity (Wildman–Crippen MR) is 268 cm³/mol. The Morgan fingerprint density at radius 2 is 0.823 bits per heavy atom. The van der Waals surface area contributed by atoms with Crippen molar-refractivity contribution in [2.75, 3.05) is 0 Å². The summed E-state index contributed by atoms with van der Waals surface area (Å²) in [6, 6.07) is 64.6. The quantitative estimate of drug-likeness (QED) is 0.140. The Kier molecular flexibility index (Phi) is 9.64. The molecule has 2 atom stereocenters. The SMILES string of the molecule is CC1=Cc2c(ccc(C)c2-c2ccccc2-c2ccccc2)[CH]1[Zr]([Cl])([Cl])([c]1cccc2c1[SiH2]c1ccccc1-2)[CH]1C(C)=Cc2c1ccc(C)c2-c1ccccc1-c1ccccc1. The van der Waals surface area contributed by atoms with Crippen LogP contribution in [-0.2, 0) is 16.4 Å². The molecule has 0 bridgehead atoms. The molecule has 62 heavy (non-hydrogen) atoms. The van der Waals surface area contributed by atoms with E-state index in [4.69, 9.17) is 0 Å². The fraction of sp³-hybridized carbons (Fsp3) is 0.103. The van der Waals surface area contributed by atoms with Gasteiger partial charge in [-0.3, -0.25) is 0 Å². The van der Waals surface area contributed by atoms with Crippen LogP contribution in [0.1, 0.15) is 54.5 Å². The maximum atomic E-state index is 9.25. The minimum absolute atomic E-state index is 0.150. The van der Waals surface area contributed by atoms with Crippen molar-refractivity contribution in [3.05, 3.63) is 220 Å². The van der Waals surface area contributed by atoms with E-state index in [1.54, 1.807) is 0 Å². The molecule has 11 rings (SSSR count). The molecule has 1 aliphatic heterocycles. The number of hydrogen-bond acceptors (Lipinski definition) is 0. The Balaban J connectivity index is 1.18. The van der Waals surface area contributed by atoms with Crippen molar-refractivity contribution in [1.82, 2.24) is 0 Å². The average Bonchev–Trinajstić information content (AvgIpc) is 3.97. The molecule has 0 fully saturated rings. The van der Waals surface area contributed by atoms with Crippen molar-refractivity contribution in [2.45, 2.75) is 34.9 Å². The monoisotopic (exact) mass is 931 g/mol. The molecule has 8 aromatic carbocycles. The molecule has 2 aliphatic carbocycles. The van der Waals surface area contributed by atoms with Gasteiger partial charge in [0.05, 0.1) is 0 Å². The Bertz CT molecular complexity index is 3030. The van der Waals surface area contributed by atoms with E-state index >= 15 is 0 Å². The van der Waals surface area contributed by atoms with Crippen LogP contribution in [0.5, 0.6) is 0 Å². The van der Waals surface area contributed by atoms with Crippen LogP contribution in [0.4, 0.5) is 0 Å². The second kappa shape index (κ2) is 15.0. The molecule has 3 aliphatic rings. The van der Waals surface area contributed by atoms with Crippen molar-refractivity contribution in [1.29, 1.82) is 0 Å². The third kappa shape index (κ3) is 5.94. The van der Waals surface area contributed by atoms with Crippen LogP contribution in [0, 0.1) is 13.8 Å². The van der Waals surface area contributed by atoms with E-state index in [-0.39, 0.29) is 7.25 Å². The molecule has 0 nitrogen and oxygen atoms in total. The van der Waals surface area contributed by atoms with Crippen LogP contribution in [0.3, 0.4) is 0 Å². The number of benzene rings is 8. The molecule has 2 unspecified atom stereocenters. The van der Waals surface area contributed by atoms with Gasteiger partial charge in [-0.25, -0.2) is 0 Å². The molecular weight excluding hydrogens is 887 g/mol. The number of halogens is 2.